The first-order valence-electron chi connectivity index (χ1n) is 9.20. The molecule has 0 spiro atoms. The van der Waals surface area contributed by atoms with Crippen molar-refractivity contribution in [1.82, 2.24) is 4.98 Å². The van der Waals surface area contributed by atoms with Gasteiger partial charge in [0.25, 0.3) is 0 Å². The summed E-state index contributed by atoms with van der Waals surface area (Å²) in [5.74, 6) is 0.534. The van der Waals surface area contributed by atoms with E-state index in [1.165, 1.54) is 10.9 Å². The number of nitrogens with one attached hydrogen (secondary N) is 1. The number of para-hydroxylation sites is 2. The highest BCUT2D eigenvalue weighted by Gasteiger charge is 2.37. The van der Waals surface area contributed by atoms with Crippen molar-refractivity contribution in [1.29, 1.82) is 0 Å². The van der Waals surface area contributed by atoms with Crippen molar-refractivity contribution in [3.05, 3.63) is 100 Å². The molecule has 2 atom stereocenters. The Balaban J connectivity index is 1.75. The van der Waals surface area contributed by atoms with Crippen LogP contribution in [0.15, 0.2) is 72.8 Å². The predicted molar refractivity (Wildman–Crippen MR) is 108 cm³/mol. The zero-order valence-electron chi connectivity index (χ0n) is 14.7. The lowest BCUT2D eigenvalue weighted by Gasteiger charge is -2.29. The normalized spacial score (nSPS) is 19.1. The molecule has 134 valence electrons. The fourth-order valence-electron chi connectivity index (χ4n) is 4.39. The summed E-state index contributed by atoms with van der Waals surface area (Å²) in [6, 6.07) is 24.1. The molecule has 0 unspecified atom stereocenters. The average Bonchev–Trinajstić information content (AvgIpc) is 3.08. The first-order chi connectivity index (χ1) is 13.2. The standard InChI is InChI=1S/C23H19ClN2O/c24-18-10-4-1-7-14(18)17-13-25-22(16-9-3-6-12-20(16)27)23-21(17)15-8-2-5-11-19(15)26-23/h1-12,17,22,25-27H,13H2/p+1/t17-,22-/m0/s1. The van der Waals surface area contributed by atoms with Crippen molar-refractivity contribution in [3.63, 3.8) is 0 Å². The molecule has 1 aliphatic heterocycles. The van der Waals surface area contributed by atoms with Crippen LogP contribution in [0, 0.1) is 0 Å². The van der Waals surface area contributed by atoms with E-state index in [2.05, 4.69) is 34.6 Å². The van der Waals surface area contributed by atoms with Crippen LogP contribution in [0.2, 0.25) is 5.02 Å². The van der Waals surface area contributed by atoms with Crippen LogP contribution in [-0.2, 0) is 0 Å². The molecule has 2 heterocycles. The Morgan fingerprint density at radius 2 is 1.59 bits per heavy atom. The first-order valence-corrected chi connectivity index (χ1v) is 9.58. The van der Waals surface area contributed by atoms with Gasteiger partial charge < -0.3 is 15.4 Å². The Morgan fingerprint density at radius 1 is 0.889 bits per heavy atom. The highest BCUT2D eigenvalue weighted by molar-refractivity contribution is 6.31. The van der Waals surface area contributed by atoms with Crippen LogP contribution < -0.4 is 5.32 Å². The average molecular weight is 376 g/mol. The van der Waals surface area contributed by atoms with Gasteiger partial charge in [-0.2, -0.15) is 0 Å². The Morgan fingerprint density at radius 3 is 2.41 bits per heavy atom. The van der Waals surface area contributed by atoms with Crippen LogP contribution in [0.3, 0.4) is 0 Å². The molecule has 1 aliphatic rings. The Hall–Kier alpha value is -2.75. The van der Waals surface area contributed by atoms with Gasteiger partial charge in [-0.05, 0) is 29.8 Å². The Kier molecular flexibility index (Phi) is 3.92. The van der Waals surface area contributed by atoms with E-state index in [4.69, 9.17) is 11.6 Å². The van der Waals surface area contributed by atoms with Gasteiger partial charge in [0.2, 0.25) is 0 Å². The van der Waals surface area contributed by atoms with Crippen LogP contribution in [-0.4, -0.2) is 16.6 Å². The Bertz CT molecular complexity index is 1130. The van der Waals surface area contributed by atoms with Crippen molar-refractivity contribution < 1.29 is 10.4 Å². The van der Waals surface area contributed by atoms with Gasteiger partial charge in [0.15, 0.2) is 6.04 Å². The number of rotatable bonds is 2. The molecule has 0 saturated carbocycles. The molecule has 3 aromatic carbocycles. The number of fused-ring (bicyclic) bond motifs is 3. The number of hydrogen-bond donors (Lipinski definition) is 3. The maximum absolute atomic E-state index is 10.4. The van der Waals surface area contributed by atoms with Crippen molar-refractivity contribution in [3.8, 4) is 5.75 Å². The summed E-state index contributed by atoms with van der Waals surface area (Å²) in [6.07, 6.45) is 0. The van der Waals surface area contributed by atoms with E-state index in [1.807, 2.05) is 42.5 Å². The molecule has 4 N–H and O–H groups in total. The molecule has 3 nitrogen and oxygen atoms in total. The van der Waals surface area contributed by atoms with Gasteiger partial charge in [0.1, 0.15) is 5.75 Å². The third-order valence-electron chi connectivity index (χ3n) is 5.60. The van der Waals surface area contributed by atoms with Crippen molar-refractivity contribution >= 4 is 22.5 Å². The molecule has 0 fully saturated rings. The summed E-state index contributed by atoms with van der Waals surface area (Å²) >= 11 is 6.56. The topological polar surface area (TPSA) is 52.6 Å². The second-order valence-electron chi connectivity index (χ2n) is 7.08. The van der Waals surface area contributed by atoms with Gasteiger partial charge in [0.05, 0.1) is 23.7 Å². The minimum Gasteiger partial charge on any atom is -0.507 e. The molecular formula is C23H20ClN2O+. The van der Waals surface area contributed by atoms with E-state index >= 15 is 0 Å². The zero-order valence-corrected chi connectivity index (χ0v) is 15.4. The largest absolute Gasteiger partial charge is 0.507 e. The maximum atomic E-state index is 10.4. The van der Waals surface area contributed by atoms with E-state index in [-0.39, 0.29) is 12.0 Å². The number of quaternary nitrogens is 1. The van der Waals surface area contributed by atoms with Crippen LogP contribution in [0.5, 0.6) is 5.75 Å². The molecule has 0 radical (unpaired) electrons. The number of phenols is 1. The van der Waals surface area contributed by atoms with Crippen LogP contribution in [0.1, 0.15) is 34.3 Å². The molecule has 0 bridgehead atoms. The molecule has 0 amide bonds. The quantitative estimate of drug-likeness (QED) is 0.480. The number of H-pyrrole nitrogens is 1. The van der Waals surface area contributed by atoms with Crippen molar-refractivity contribution in [2.75, 3.05) is 6.54 Å². The SMILES string of the molecule is Oc1ccccc1[C@@H]1[NH2+]C[C@@H](c2ccccc2Cl)c2c1[nH]c1ccccc21. The number of hydrogen-bond acceptors (Lipinski definition) is 1. The molecule has 4 aromatic rings. The van der Waals surface area contributed by atoms with Gasteiger partial charge in [-0.1, -0.05) is 60.1 Å². The number of phenolic OH excluding ortho intramolecular Hbond substituents is 1. The number of benzene rings is 3. The lowest BCUT2D eigenvalue weighted by Crippen LogP contribution is -2.88. The molecule has 0 aliphatic carbocycles. The van der Waals surface area contributed by atoms with Gasteiger partial charge >= 0.3 is 0 Å². The molecule has 5 rings (SSSR count). The summed E-state index contributed by atoms with van der Waals surface area (Å²) in [6.45, 7) is 0.873. The van der Waals surface area contributed by atoms with Crippen LogP contribution >= 0.6 is 11.6 Å². The smallest absolute Gasteiger partial charge is 0.156 e. The Labute approximate surface area is 162 Å². The lowest BCUT2D eigenvalue weighted by molar-refractivity contribution is -0.692. The number of aromatic nitrogens is 1. The predicted octanol–water partition coefficient (Wildman–Crippen LogP) is 4.33. The first kappa shape index (κ1) is 16.4. The second-order valence-corrected chi connectivity index (χ2v) is 7.49. The second kappa shape index (κ2) is 6.45. The number of halogens is 1. The van der Waals surface area contributed by atoms with Gasteiger partial charge in [-0.3, -0.25) is 0 Å². The van der Waals surface area contributed by atoms with Gasteiger partial charge in [0, 0.05) is 21.5 Å². The van der Waals surface area contributed by atoms with Gasteiger partial charge in [-0.15, -0.1) is 0 Å². The fourth-order valence-corrected chi connectivity index (χ4v) is 4.65. The molecule has 1 aromatic heterocycles. The summed E-state index contributed by atoms with van der Waals surface area (Å²) in [4.78, 5) is 3.63. The summed E-state index contributed by atoms with van der Waals surface area (Å²) in [7, 11) is 0. The van der Waals surface area contributed by atoms with E-state index in [9.17, 15) is 5.11 Å². The lowest BCUT2D eigenvalue weighted by atomic mass is 9.83. The minimum atomic E-state index is 0.0346. The van der Waals surface area contributed by atoms with E-state index in [1.54, 1.807) is 6.07 Å². The minimum absolute atomic E-state index is 0.0346. The maximum Gasteiger partial charge on any atom is 0.156 e. The van der Waals surface area contributed by atoms with Gasteiger partial charge in [-0.25, -0.2) is 0 Å². The van der Waals surface area contributed by atoms with E-state index < -0.39 is 0 Å². The zero-order chi connectivity index (χ0) is 18.4. The summed E-state index contributed by atoms with van der Waals surface area (Å²) < 4.78 is 0. The van der Waals surface area contributed by atoms with E-state index in [0.717, 1.165) is 33.9 Å². The van der Waals surface area contributed by atoms with Crippen LogP contribution in [0.4, 0.5) is 0 Å². The third kappa shape index (κ3) is 2.62. The van der Waals surface area contributed by atoms with Crippen molar-refractivity contribution in [2.45, 2.75) is 12.0 Å². The summed E-state index contributed by atoms with van der Waals surface area (Å²) in [5, 5.41) is 14.8. The highest BCUT2D eigenvalue weighted by Crippen LogP contribution is 2.41. The number of nitrogens with two attached hydrogens (primary N) is 1. The number of aromatic hydroxyl groups is 1. The number of aromatic amines is 1. The molecule has 27 heavy (non-hydrogen) atoms. The highest BCUT2D eigenvalue weighted by atomic mass is 35.5. The fraction of sp³-hybridized carbons (Fsp3) is 0.130. The molecule has 4 heteroatoms. The van der Waals surface area contributed by atoms with E-state index in [0.29, 0.717) is 5.75 Å². The molecule has 0 saturated heterocycles. The molecular weight excluding hydrogens is 356 g/mol. The third-order valence-corrected chi connectivity index (χ3v) is 5.94. The van der Waals surface area contributed by atoms with Crippen molar-refractivity contribution in [2.24, 2.45) is 0 Å². The summed E-state index contributed by atoms with van der Waals surface area (Å²) in [5.41, 5.74) is 5.64. The van der Waals surface area contributed by atoms with Crippen LogP contribution in [0.25, 0.3) is 10.9 Å². The monoisotopic (exact) mass is 375 g/mol.